The lowest BCUT2D eigenvalue weighted by atomic mass is 10.1. The molecule has 0 bridgehead atoms. The van der Waals surface area contributed by atoms with Gasteiger partial charge >= 0.3 is 0 Å². The Hall–Kier alpha value is -1.00. The summed E-state index contributed by atoms with van der Waals surface area (Å²) in [6.45, 7) is 1.76. The van der Waals surface area contributed by atoms with Crippen LogP contribution in [0.4, 0.5) is 0 Å². The van der Waals surface area contributed by atoms with E-state index in [1.165, 1.54) is 0 Å². The van der Waals surface area contributed by atoms with Crippen molar-refractivity contribution in [1.29, 1.82) is 0 Å². The van der Waals surface area contributed by atoms with Crippen LogP contribution in [0.5, 0.6) is 0 Å². The smallest absolute Gasteiger partial charge is 0.115 e. The second-order valence-corrected chi connectivity index (χ2v) is 4.16. The van der Waals surface area contributed by atoms with Crippen molar-refractivity contribution in [3.8, 4) is 0 Å². The SMILES string of the molecule is OC1CCC(CNCc2ccncn2)C1. The summed E-state index contributed by atoms with van der Waals surface area (Å²) in [5.74, 6) is 0.627. The van der Waals surface area contributed by atoms with Gasteiger partial charge in [-0.25, -0.2) is 9.97 Å². The molecule has 15 heavy (non-hydrogen) atoms. The van der Waals surface area contributed by atoms with Crippen LogP contribution in [0, 0.1) is 5.92 Å². The van der Waals surface area contributed by atoms with Crippen molar-refractivity contribution >= 4 is 0 Å². The first-order chi connectivity index (χ1) is 7.34. The Bertz CT molecular complexity index is 291. The molecule has 1 fully saturated rings. The molecule has 4 nitrogen and oxygen atoms in total. The van der Waals surface area contributed by atoms with Gasteiger partial charge in [0, 0.05) is 12.7 Å². The number of aliphatic hydroxyl groups is 1. The van der Waals surface area contributed by atoms with Gasteiger partial charge in [0.2, 0.25) is 0 Å². The number of nitrogens with one attached hydrogen (secondary N) is 1. The first-order valence-corrected chi connectivity index (χ1v) is 5.48. The molecule has 1 aromatic rings. The molecule has 0 saturated heterocycles. The Labute approximate surface area is 89.8 Å². The van der Waals surface area contributed by atoms with Crippen LogP contribution < -0.4 is 5.32 Å². The fraction of sp³-hybridized carbons (Fsp3) is 0.636. The van der Waals surface area contributed by atoms with Crippen LogP contribution >= 0.6 is 0 Å². The normalized spacial score (nSPS) is 25.7. The maximum absolute atomic E-state index is 9.37. The first kappa shape index (κ1) is 10.5. The van der Waals surface area contributed by atoms with E-state index in [2.05, 4.69) is 15.3 Å². The van der Waals surface area contributed by atoms with Crippen molar-refractivity contribution in [3.63, 3.8) is 0 Å². The standard InChI is InChI=1S/C11H17N3O/c15-11-2-1-9(5-11)6-13-7-10-3-4-12-8-14-10/h3-4,8-9,11,13,15H,1-2,5-7H2. The highest BCUT2D eigenvalue weighted by atomic mass is 16.3. The third-order valence-electron chi connectivity index (χ3n) is 2.90. The van der Waals surface area contributed by atoms with Crippen LogP contribution in [-0.4, -0.2) is 27.7 Å². The van der Waals surface area contributed by atoms with Crippen molar-refractivity contribution in [2.24, 2.45) is 5.92 Å². The summed E-state index contributed by atoms with van der Waals surface area (Å²) in [7, 11) is 0. The number of hydrogen-bond donors (Lipinski definition) is 2. The molecule has 4 heteroatoms. The summed E-state index contributed by atoms with van der Waals surface area (Å²) >= 11 is 0. The highest BCUT2D eigenvalue weighted by Crippen LogP contribution is 2.24. The van der Waals surface area contributed by atoms with E-state index in [9.17, 15) is 5.11 Å². The molecular formula is C11H17N3O. The molecule has 1 aliphatic rings. The molecule has 2 rings (SSSR count). The maximum atomic E-state index is 9.37. The van der Waals surface area contributed by atoms with Crippen LogP contribution in [0.15, 0.2) is 18.6 Å². The second kappa shape index (κ2) is 5.19. The number of rotatable bonds is 4. The largest absolute Gasteiger partial charge is 0.393 e. The Balaban J connectivity index is 1.67. The van der Waals surface area contributed by atoms with Crippen molar-refractivity contribution in [1.82, 2.24) is 15.3 Å². The zero-order valence-electron chi connectivity index (χ0n) is 8.76. The minimum Gasteiger partial charge on any atom is -0.393 e. The Morgan fingerprint density at radius 3 is 3.07 bits per heavy atom. The summed E-state index contributed by atoms with van der Waals surface area (Å²) < 4.78 is 0. The summed E-state index contributed by atoms with van der Waals surface area (Å²) in [5, 5.41) is 12.7. The molecule has 82 valence electrons. The molecule has 0 amide bonds. The van der Waals surface area contributed by atoms with E-state index in [4.69, 9.17) is 0 Å². The Morgan fingerprint density at radius 1 is 1.47 bits per heavy atom. The highest BCUT2D eigenvalue weighted by Gasteiger charge is 2.21. The molecule has 0 aliphatic heterocycles. The number of nitrogens with zero attached hydrogens (tertiary/aromatic N) is 2. The van der Waals surface area contributed by atoms with Crippen LogP contribution in [0.2, 0.25) is 0 Å². The molecule has 0 aromatic carbocycles. The van der Waals surface area contributed by atoms with Gasteiger partial charge in [-0.1, -0.05) is 0 Å². The Kier molecular flexibility index (Phi) is 3.64. The third-order valence-corrected chi connectivity index (χ3v) is 2.90. The monoisotopic (exact) mass is 207 g/mol. The molecule has 2 unspecified atom stereocenters. The molecule has 1 heterocycles. The van der Waals surface area contributed by atoms with Gasteiger partial charge in [0.1, 0.15) is 6.33 Å². The zero-order chi connectivity index (χ0) is 10.5. The summed E-state index contributed by atoms with van der Waals surface area (Å²) in [5.41, 5.74) is 1.02. The fourth-order valence-electron chi connectivity index (χ4n) is 2.06. The van der Waals surface area contributed by atoms with E-state index in [-0.39, 0.29) is 6.10 Å². The molecule has 2 atom stereocenters. The Morgan fingerprint density at radius 2 is 2.40 bits per heavy atom. The van der Waals surface area contributed by atoms with E-state index in [1.54, 1.807) is 12.5 Å². The summed E-state index contributed by atoms with van der Waals surface area (Å²) in [4.78, 5) is 8.00. The molecule has 1 aliphatic carbocycles. The van der Waals surface area contributed by atoms with E-state index >= 15 is 0 Å². The topological polar surface area (TPSA) is 58.0 Å². The van der Waals surface area contributed by atoms with Gasteiger partial charge < -0.3 is 10.4 Å². The maximum Gasteiger partial charge on any atom is 0.115 e. The van der Waals surface area contributed by atoms with Gasteiger partial charge in [0.25, 0.3) is 0 Å². The van der Waals surface area contributed by atoms with Gasteiger partial charge in [-0.15, -0.1) is 0 Å². The number of aliphatic hydroxyl groups excluding tert-OH is 1. The fourth-order valence-corrected chi connectivity index (χ4v) is 2.06. The lowest BCUT2D eigenvalue weighted by molar-refractivity contribution is 0.177. The summed E-state index contributed by atoms with van der Waals surface area (Å²) in [6.07, 6.45) is 6.28. The molecule has 0 radical (unpaired) electrons. The molecule has 1 saturated carbocycles. The van der Waals surface area contributed by atoms with Crippen LogP contribution in [0.3, 0.4) is 0 Å². The lowest BCUT2D eigenvalue weighted by Gasteiger charge is -2.10. The van der Waals surface area contributed by atoms with E-state index in [1.807, 2.05) is 6.07 Å². The molecule has 0 spiro atoms. The molecular weight excluding hydrogens is 190 g/mol. The van der Waals surface area contributed by atoms with Crippen LogP contribution in [-0.2, 0) is 6.54 Å². The summed E-state index contributed by atoms with van der Waals surface area (Å²) in [6, 6.07) is 1.91. The van der Waals surface area contributed by atoms with Gasteiger partial charge in [-0.05, 0) is 37.8 Å². The van der Waals surface area contributed by atoms with Crippen molar-refractivity contribution in [2.45, 2.75) is 31.9 Å². The van der Waals surface area contributed by atoms with Crippen molar-refractivity contribution in [2.75, 3.05) is 6.54 Å². The average Bonchev–Trinajstić information content (AvgIpc) is 2.66. The number of hydrogen-bond acceptors (Lipinski definition) is 4. The van der Waals surface area contributed by atoms with Crippen molar-refractivity contribution in [3.05, 3.63) is 24.3 Å². The van der Waals surface area contributed by atoms with E-state index < -0.39 is 0 Å². The average molecular weight is 207 g/mol. The zero-order valence-corrected chi connectivity index (χ0v) is 8.76. The van der Waals surface area contributed by atoms with E-state index in [0.29, 0.717) is 5.92 Å². The van der Waals surface area contributed by atoms with Crippen molar-refractivity contribution < 1.29 is 5.11 Å². The second-order valence-electron chi connectivity index (χ2n) is 4.16. The van der Waals surface area contributed by atoms with Gasteiger partial charge in [0.05, 0.1) is 11.8 Å². The number of aromatic nitrogens is 2. The van der Waals surface area contributed by atoms with Gasteiger partial charge in [0.15, 0.2) is 0 Å². The molecule has 2 N–H and O–H groups in total. The van der Waals surface area contributed by atoms with E-state index in [0.717, 1.165) is 38.0 Å². The first-order valence-electron chi connectivity index (χ1n) is 5.48. The van der Waals surface area contributed by atoms with Crippen LogP contribution in [0.1, 0.15) is 25.0 Å². The lowest BCUT2D eigenvalue weighted by Crippen LogP contribution is -2.21. The van der Waals surface area contributed by atoms with Crippen LogP contribution in [0.25, 0.3) is 0 Å². The molecule has 1 aromatic heterocycles. The third kappa shape index (κ3) is 3.25. The highest BCUT2D eigenvalue weighted by molar-refractivity contribution is 4.96. The predicted molar refractivity (Wildman–Crippen MR) is 57.1 cm³/mol. The van der Waals surface area contributed by atoms with Gasteiger partial charge in [-0.2, -0.15) is 0 Å². The van der Waals surface area contributed by atoms with Gasteiger partial charge in [-0.3, -0.25) is 0 Å². The predicted octanol–water partition coefficient (Wildman–Crippen LogP) is 0.727. The minimum absolute atomic E-state index is 0.0733. The quantitative estimate of drug-likeness (QED) is 0.764. The minimum atomic E-state index is -0.0733.